The first-order valence-corrected chi connectivity index (χ1v) is 11.9. The molecule has 2 heterocycles. The quantitative estimate of drug-likeness (QED) is 0.547. The number of nitrogens with zero attached hydrogens (tertiary/aromatic N) is 3. The van der Waals surface area contributed by atoms with E-state index in [-0.39, 0.29) is 11.2 Å². The Morgan fingerprint density at radius 2 is 2.03 bits per heavy atom. The van der Waals surface area contributed by atoms with Gasteiger partial charge in [-0.15, -0.1) is 0 Å². The van der Waals surface area contributed by atoms with Crippen molar-refractivity contribution in [2.45, 2.75) is 57.5 Å². The van der Waals surface area contributed by atoms with Crippen LogP contribution in [0.15, 0.2) is 54.4 Å². The number of rotatable bonds is 7. The Morgan fingerprint density at radius 3 is 2.76 bits per heavy atom. The number of hydrogen-bond acceptors (Lipinski definition) is 4. The number of halogens is 1. The van der Waals surface area contributed by atoms with Crippen LogP contribution in [0, 0.1) is 11.2 Å². The molecule has 2 aromatic heterocycles. The highest BCUT2D eigenvalue weighted by Gasteiger charge is 2.57. The predicted octanol–water partition coefficient (Wildman–Crippen LogP) is 4.39. The molecule has 0 radical (unpaired) electrons. The molecule has 2 aliphatic rings. The van der Waals surface area contributed by atoms with Crippen LogP contribution in [-0.4, -0.2) is 31.4 Å². The summed E-state index contributed by atoms with van der Waals surface area (Å²) in [6.07, 6.45) is 10.7. The first-order chi connectivity index (χ1) is 16.4. The number of benzene rings is 1. The maximum Gasteiger partial charge on any atom is 0.250 e. The molecule has 2 atom stereocenters. The first-order valence-electron chi connectivity index (χ1n) is 11.9. The molecule has 6 nitrogen and oxygen atoms in total. The monoisotopic (exact) mass is 460 g/mol. The zero-order chi connectivity index (χ0) is 23.9. The molecule has 2 aliphatic carbocycles. The van der Waals surface area contributed by atoms with Crippen molar-refractivity contribution in [3.05, 3.63) is 82.7 Å². The van der Waals surface area contributed by atoms with E-state index in [9.17, 15) is 14.3 Å². The van der Waals surface area contributed by atoms with Gasteiger partial charge in [0.2, 0.25) is 0 Å². The number of aliphatic hydroxyl groups is 1. The van der Waals surface area contributed by atoms with Gasteiger partial charge >= 0.3 is 0 Å². The van der Waals surface area contributed by atoms with E-state index in [0.29, 0.717) is 36.9 Å². The summed E-state index contributed by atoms with van der Waals surface area (Å²) in [7, 11) is 0. The molecule has 0 spiro atoms. The SMILES string of the molecule is CCCC12Cc3cnn(-c4ccc(F)cc4)c3C=C1CC[C@@]2(O)CCc1ncccc1C(N)=O. The van der Waals surface area contributed by atoms with Crippen molar-refractivity contribution in [2.75, 3.05) is 0 Å². The van der Waals surface area contributed by atoms with E-state index >= 15 is 0 Å². The largest absolute Gasteiger partial charge is 0.389 e. The minimum Gasteiger partial charge on any atom is -0.389 e. The van der Waals surface area contributed by atoms with E-state index in [1.165, 1.54) is 17.7 Å². The number of amides is 1. The highest BCUT2D eigenvalue weighted by Crippen LogP contribution is 2.59. The van der Waals surface area contributed by atoms with Gasteiger partial charge in [0, 0.05) is 11.6 Å². The van der Waals surface area contributed by atoms with E-state index in [4.69, 9.17) is 5.73 Å². The summed E-state index contributed by atoms with van der Waals surface area (Å²) in [4.78, 5) is 16.2. The molecular weight excluding hydrogens is 431 g/mol. The third-order valence-electron chi connectivity index (χ3n) is 7.68. The Morgan fingerprint density at radius 1 is 1.24 bits per heavy atom. The topological polar surface area (TPSA) is 94.0 Å². The lowest BCUT2D eigenvalue weighted by Crippen LogP contribution is -2.47. The number of nitrogens with two attached hydrogens (primary N) is 1. The molecule has 1 aromatic carbocycles. The van der Waals surface area contributed by atoms with Crippen LogP contribution in [0.25, 0.3) is 11.8 Å². The van der Waals surface area contributed by atoms with Gasteiger partial charge in [-0.25, -0.2) is 9.07 Å². The Bertz CT molecular complexity index is 1270. The molecule has 1 saturated carbocycles. The third kappa shape index (κ3) is 3.55. The number of aromatic nitrogens is 3. The normalized spacial score (nSPS) is 23.3. The number of carbonyl (C=O) groups is 1. The van der Waals surface area contributed by atoms with Crippen molar-refractivity contribution in [1.29, 1.82) is 0 Å². The Balaban J connectivity index is 1.49. The molecule has 0 saturated heterocycles. The molecule has 7 heteroatoms. The van der Waals surface area contributed by atoms with Crippen LogP contribution < -0.4 is 5.73 Å². The molecule has 3 aromatic rings. The van der Waals surface area contributed by atoms with Crippen LogP contribution in [0.4, 0.5) is 4.39 Å². The fourth-order valence-corrected chi connectivity index (χ4v) is 6.03. The van der Waals surface area contributed by atoms with E-state index in [0.717, 1.165) is 36.2 Å². The molecule has 1 unspecified atom stereocenters. The molecule has 1 amide bonds. The number of carbonyl (C=O) groups excluding carboxylic acids is 1. The van der Waals surface area contributed by atoms with E-state index in [1.54, 1.807) is 30.5 Å². The summed E-state index contributed by atoms with van der Waals surface area (Å²) < 4.78 is 15.3. The van der Waals surface area contributed by atoms with Crippen molar-refractivity contribution >= 4 is 12.0 Å². The van der Waals surface area contributed by atoms with Crippen molar-refractivity contribution in [3.63, 3.8) is 0 Å². The van der Waals surface area contributed by atoms with Crippen molar-refractivity contribution < 1.29 is 14.3 Å². The minimum atomic E-state index is -0.920. The zero-order valence-electron chi connectivity index (χ0n) is 19.3. The molecule has 176 valence electrons. The maximum absolute atomic E-state index is 13.4. The highest BCUT2D eigenvalue weighted by molar-refractivity contribution is 5.93. The molecule has 0 bridgehead atoms. The van der Waals surface area contributed by atoms with Gasteiger partial charge in [-0.2, -0.15) is 5.10 Å². The van der Waals surface area contributed by atoms with E-state index in [2.05, 4.69) is 23.1 Å². The van der Waals surface area contributed by atoms with Crippen LogP contribution >= 0.6 is 0 Å². The molecule has 5 rings (SSSR count). The minimum absolute atomic E-state index is 0.279. The number of hydrogen-bond donors (Lipinski definition) is 2. The molecular formula is C27H29FN4O2. The van der Waals surface area contributed by atoms with Crippen LogP contribution in [0.5, 0.6) is 0 Å². The summed E-state index contributed by atoms with van der Waals surface area (Å²) in [5.74, 6) is -0.778. The van der Waals surface area contributed by atoms with Gasteiger partial charge in [-0.1, -0.05) is 18.9 Å². The van der Waals surface area contributed by atoms with Gasteiger partial charge < -0.3 is 10.8 Å². The number of aryl methyl sites for hydroxylation is 1. The molecule has 1 fully saturated rings. The van der Waals surface area contributed by atoms with Gasteiger partial charge in [-0.05, 0) is 86.6 Å². The molecule has 3 N–H and O–H groups in total. The zero-order valence-corrected chi connectivity index (χ0v) is 19.3. The lowest BCUT2D eigenvalue weighted by atomic mass is 9.62. The fourth-order valence-electron chi connectivity index (χ4n) is 6.03. The summed E-state index contributed by atoms with van der Waals surface area (Å²) in [6, 6.07) is 9.72. The number of primary amides is 1. The van der Waals surface area contributed by atoms with Crippen LogP contribution in [0.2, 0.25) is 0 Å². The standard InChI is InChI=1S/C27H29FN4O2/c1-2-11-26-16-18-17-31-32(21-7-5-20(28)6-8-21)24(18)15-19(26)9-12-27(26,34)13-10-23-22(25(29)33)4-3-14-30-23/h3-8,14-15,17,34H,2,9-13,16H2,1H3,(H2,29,33)/t26?,27-/m1/s1. The van der Waals surface area contributed by atoms with Crippen molar-refractivity contribution in [2.24, 2.45) is 11.1 Å². The van der Waals surface area contributed by atoms with Crippen LogP contribution in [0.3, 0.4) is 0 Å². The van der Waals surface area contributed by atoms with Gasteiger partial charge in [0.25, 0.3) is 5.91 Å². The predicted molar refractivity (Wildman–Crippen MR) is 128 cm³/mol. The molecule has 0 aliphatic heterocycles. The van der Waals surface area contributed by atoms with Crippen LogP contribution in [-0.2, 0) is 12.8 Å². The summed E-state index contributed by atoms with van der Waals surface area (Å²) in [5, 5.41) is 16.7. The summed E-state index contributed by atoms with van der Waals surface area (Å²) in [5.41, 5.74) is 9.42. The average Bonchev–Trinajstić information content (AvgIpc) is 3.36. The van der Waals surface area contributed by atoms with Gasteiger partial charge in [0.05, 0.1) is 34.4 Å². The first kappa shape index (κ1) is 22.5. The smallest absolute Gasteiger partial charge is 0.250 e. The Hall–Kier alpha value is -3.32. The highest BCUT2D eigenvalue weighted by atomic mass is 19.1. The summed E-state index contributed by atoms with van der Waals surface area (Å²) >= 11 is 0. The van der Waals surface area contributed by atoms with Crippen molar-refractivity contribution in [1.82, 2.24) is 14.8 Å². The summed E-state index contributed by atoms with van der Waals surface area (Å²) in [6.45, 7) is 2.15. The number of pyridine rings is 1. The van der Waals surface area contributed by atoms with Gasteiger partial charge in [0.15, 0.2) is 0 Å². The van der Waals surface area contributed by atoms with Gasteiger partial charge in [0.1, 0.15) is 5.82 Å². The second-order valence-corrected chi connectivity index (χ2v) is 9.52. The van der Waals surface area contributed by atoms with E-state index < -0.39 is 11.5 Å². The lowest BCUT2D eigenvalue weighted by molar-refractivity contribution is -0.0595. The second-order valence-electron chi connectivity index (χ2n) is 9.52. The third-order valence-corrected chi connectivity index (χ3v) is 7.68. The maximum atomic E-state index is 13.4. The second kappa shape index (κ2) is 8.47. The van der Waals surface area contributed by atoms with Crippen LogP contribution in [0.1, 0.15) is 66.3 Å². The van der Waals surface area contributed by atoms with E-state index in [1.807, 2.05) is 10.9 Å². The number of fused-ring (bicyclic) bond motifs is 2. The Kier molecular flexibility index (Phi) is 5.60. The lowest BCUT2D eigenvalue weighted by Gasteiger charge is -2.45. The molecule has 34 heavy (non-hydrogen) atoms. The average molecular weight is 461 g/mol. The Labute approximate surface area is 198 Å². The fraction of sp³-hybridized carbons (Fsp3) is 0.370. The van der Waals surface area contributed by atoms with Gasteiger partial charge in [-0.3, -0.25) is 9.78 Å². The van der Waals surface area contributed by atoms with Crippen molar-refractivity contribution in [3.8, 4) is 5.69 Å².